The van der Waals surface area contributed by atoms with Crippen LogP contribution >= 0.6 is 11.3 Å². The molecule has 1 N–H and O–H groups in total. The van der Waals surface area contributed by atoms with Crippen molar-refractivity contribution >= 4 is 35.0 Å². The average Bonchev–Trinajstić information content (AvgIpc) is 3.29. The maximum absolute atomic E-state index is 12.7. The Morgan fingerprint density at radius 2 is 1.72 bits per heavy atom. The molecule has 7 nitrogen and oxygen atoms in total. The average molecular weight is 414 g/mol. The third-order valence-corrected chi connectivity index (χ3v) is 5.53. The molecule has 0 aliphatic carbocycles. The Bertz CT molecular complexity index is 888. The monoisotopic (exact) mass is 414 g/mol. The summed E-state index contributed by atoms with van der Waals surface area (Å²) < 4.78 is 5.13. The first-order valence-corrected chi connectivity index (χ1v) is 10.2. The van der Waals surface area contributed by atoms with Crippen molar-refractivity contribution in [1.82, 2.24) is 10.2 Å². The largest absolute Gasteiger partial charge is 0.454 e. The number of amides is 3. The number of nitrogens with one attached hydrogen (secondary N) is 1. The molecule has 29 heavy (non-hydrogen) atoms. The van der Waals surface area contributed by atoms with Gasteiger partial charge in [-0.2, -0.15) is 0 Å². The van der Waals surface area contributed by atoms with Gasteiger partial charge < -0.3 is 10.1 Å². The fourth-order valence-corrected chi connectivity index (χ4v) is 3.90. The number of esters is 1. The topological polar surface area (TPSA) is 92.8 Å². The van der Waals surface area contributed by atoms with E-state index in [9.17, 15) is 19.2 Å². The molecule has 1 aliphatic heterocycles. The number of fused-ring (bicyclic) bond motifs is 1. The number of hydrogen-bond donors (Lipinski definition) is 1. The van der Waals surface area contributed by atoms with Crippen LogP contribution in [-0.2, 0) is 20.7 Å². The van der Waals surface area contributed by atoms with Gasteiger partial charge in [0.05, 0.1) is 11.1 Å². The number of imide groups is 1. The quantitative estimate of drug-likeness (QED) is 0.528. The van der Waals surface area contributed by atoms with Crippen molar-refractivity contribution in [2.45, 2.75) is 26.3 Å². The van der Waals surface area contributed by atoms with Gasteiger partial charge >= 0.3 is 5.97 Å². The SMILES string of the molecule is CC(C)[C@@H](C(=O)OCC(=O)NCCc1cccs1)N1C(=O)c2ccccc2C1=O. The molecule has 0 bridgehead atoms. The molecule has 0 spiro atoms. The van der Waals surface area contributed by atoms with Crippen LogP contribution in [0.1, 0.15) is 39.4 Å². The first-order chi connectivity index (χ1) is 13.9. The van der Waals surface area contributed by atoms with E-state index in [1.54, 1.807) is 49.4 Å². The Kier molecular flexibility index (Phi) is 6.43. The molecule has 2 aromatic rings. The van der Waals surface area contributed by atoms with Gasteiger partial charge in [-0.25, -0.2) is 4.79 Å². The Hall–Kier alpha value is -3.00. The second-order valence-electron chi connectivity index (χ2n) is 7.00. The number of thiophene rings is 1. The van der Waals surface area contributed by atoms with Crippen LogP contribution < -0.4 is 5.32 Å². The summed E-state index contributed by atoms with van der Waals surface area (Å²) in [6, 6.07) is 9.26. The van der Waals surface area contributed by atoms with E-state index in [1.165, 1.54) is 0 Å². The van der Waals surface area contributed by atoms with E-state index in [0.717, 1.165) is 9.78 Å². The van der Waals surface area contributed by atoms with Crippen molar-refractivity contribution in [2.24, 2.45) is 5.92 Å². The highest BCUT2D eigenvalue weighted by molar-refractivity contribution is 7.09. The maximum atomic E-state index is 12.7. The first-order valence-electron chi connectivity index (χ1n) is 9.32. The molecule has 1 aliphatic rings. The van der Waals surface area contributed by atoms with Crippen molar-refractivity contribution in [1.29, 1.82) is 0 Å². The summed E-state index contributed by atoms with van der Waals surface area (Å²) in [7, 11) is 0. The summed E-state index contributed by atoms with van der Waals surface area (Å²) in [6.07, 6.45) is 0.695. The van der Waals surface area contributed by atoms with Crippen LogP contribution in [-0.4, -0.2) is 47.8 Å². The molecule has 3 amide bonds. The Labute approximate surface area is 172 Å². The fourth-order valence-electron chi connectivity index (χ4n) is 3.19. The smallest absolute Gasteiger partial charge is 0.330 e. The normalized spacial score (nSPS) is 14.1. The number of carbonyl (C=O) groups excluding carboxylic acids is 4. The standard InChI is InChI=1S/C21H22N2O5S/c1-13(2)18(23-19(25)15-7-3-4-8-16(15)20(23)26)21(27)28-12-17(24)22-10-9-14-6-5-11-29-14/h3-8,11,13,18H,9-10,12H2,1-2H3,(H,22,24)/t18-/m0/s1. The van der Waals surface area contributed by atoms with Crippen LogP contribution in [0.2, 0.25) is 0 Å². The van der Waals surface area contributed by atoms with Crippen molar-refractivity contribution in [2.75, 3.05) is 13.2 Å². The third kappa shape index (κ3) is 4.54. The van der Waals surface area contributed by atoms with Crippen molar-refractivity contribution in [3.63, 3.8) is 0 Å². The fraction of sp³-hybridized carbons (Fsp3) is 0.333. The van der Waals surface area contributed by atoms with E-state index >= 15 is 0 Å². The molecule has 3 rings (SSSR count). The summed E-state index contributed by atoms with van der Waals surface area (Å²) in [4.78, 5) is 52.0. The summed E-state index contributed by atoms with van der Waals surface area (Å²) in [6.45, 7) is 3.41. The minimum Gasteiger partial charge on any atom is -0.454 e. The number of nitrogens with zero attached hydrogens (tertiary/aromatic N) is 1. The van der Waals surface area contributed by atoms with Gasteiger partial charge in [0.15, 0.2) is 6.61 Å². The summed E-state index contributed by atoms with van der Waals surface area (Å²) in [5.74, 6) is -2.63. The molecule has 0 fully saturated rings. The van der Waals surface area contributed by atoms with Crippen LogP contribution in [0.15, 0.2) is 41.8 Å². The lowest BCUT2D eigenvalue weighted by atomic mass is 10.0. The lowest BCUT2D eigenvalue weighted by Gasteiger charge is -2.27. The molecular weight excluding hydrogens is 392 g/mol. The Morgan fingerprint density at radius 3 is 2.28 bits per heavy atom. The molecule has 152 valence electrons. The van der Waals surface area contributed by atoms with Crippen molar-refractivity contribution in [3.8, 4) is 0 Å². The highest BCUT2D eigenvalue weighted by Gasteiger charge is 2.44. The second kappa shape index (κ2) is 9.00. The van der Waals surface area contributed by atoms with E-state index in [2.05, 4.69) is 5.32 Å². The Balaban J connectivity index is 1.58. The zero-order valence-electron chi connectivity index (χ0n) is 16.2. The summed E-state index contributed by atoms with van der Waals surface area (Å²) in [5.41, 5.74) is 0.532. The number of rotatable bonds is 8. The van der Waals surface area contributed by atoms with Gasteiger partial charge in [0.1, 0.15) is 6.04 Å². The lowest BCUT2D eigenvalue weighted by Crippen LogP contribution is -2.49. The zero-order valence-corrected chi connectivity index (χ0v) is 17.0. The molecule has 2 heterocycles. The molecule has 8 heteroatoms. The van der Waals surface area contributed by atoms with Crippen LogP contribution in [0.3, 0.4) is 0 Å². The first kappa shape index (κ1) is 20.7. The molecule has 0 radical (unpaired) electrons. The van der Waals surface area contributed by atoms with E-state index in [-0.39, 0.29) is 17.0 Å². The minimum absolute atomic E-state index is 0.266. The minimum atomic E-state index is -1.10. The molecule has 0 saturated heterocycles. The van der Waals surface area contributed by atoms with E-state index in [0.29, 0.717) is 13.0 Å². The van der Waals surface area contributed by atoms with Crippen molar-refractivity contribution in [3.05, 3.63) is 57.8 Å². The molecule has 1 aromatic carbocycles. The number of benzene rings is 1. The van der Waals surface area contributed by atoms with Gasteiger partial charge in [0.2, 0.25) is 0 Å². The van der Waals surface area contributed by atoms with Crippen LogP contribution in [0, 0.1) is 5.92 Å². The zero-order chi connectivity index (χ0) is 21.0. The van der Waals surface area contributed by atoms with Gasteiger partial charge in [0, 0.05) is 11.4 Å². The number of carbonyl (C=O) groups is 4. The lowest BCUT2D eigenvalue weighted by molar-refractivity contribution is -0.153. The van der Waals surface area contributed by atoms with Crippen LogP contribution in [0.5, 0.6) is 0 Å². The molecule has 0 unspecified atom stereocenters. The molecule has 1 aromatic heterocycles. The molecule has 1 atom stereocenters. The second-order valence-corrected chi connectivity index (χ2v) is 8.03. The van der Waals surface area contributed by atoms with Crippen LogP contribution in [0.25, 0.3) is 0 Å². The third-order valence-electron chi connectivity index (χ3n) is 4.60. The summed E-state index contributed by atoms with van der Waals surface area (Å²) >= 11 is 1.60. The van der Waals surface area contributed by atoms with Crippen molar-refractivity contribution < 1.29 is 23.9 Å². The van der Waals surface area contributed by atoms with Gasteiger partial charge in [-0.3, -0.25) is 19.3 Å². The summed E-state index contributed by atoms with van der Waals surface area (Å²) in [5, 5.41) is 4.65. The van der Waals surface area contributed by atoms with Gasteiger partial charge in [-0.05, 0) is 35.9 Å². The molecule has 0 saturated carbocycles. The van der Waals surface area contributed by atoms with Gasteiger partial charge in [-0.1, -0.05) is 32.0 Å². The highest BCUT2D eigenvalue weighted by Crippen LogP contribution is 2.27. The predicted octanol–water partition coefficient (Wildman–Crippen LogP) is 2.27. The van der Waals surface area contributed by atoms with E-state index < -0.39 is 36.3 Å². The highest BCUT2D eigenvalue weighted by atomic mass is 32.1. The van der Waals surface area contributed by atoms with E-state index in [4.69, 9.17) is 4.74 Å². The number of ether oxygens (including phenoxy) is 1. The number of hydrogen-bond acceptors (Lipinski definition) is 6. The van der Waals surface area contributed by atoms with E-state index in [1.807, 2.05) is 17.5 Å². The Morgan fingerprint density at radius 1 is 1.07 bits per heavy atom. The van der Waals surface area contributed by atoms with Gasteiger partial charge in [-0.15, -0.1) is 11.3 Å². The van der Waals surface area contributed by atoms with Crippen LogP contribution in [0.4, 0.5) is 0 Å². The molecular formula is C21H22N2O5S. The predicted molar refractivity (Wildman–Crippen MR) is 108 cm³/mol. The maximum Gasteiger partial charge on any atom is 0.330 e. The van der Waals surface area contributed by atoms with Gasteiger partial charge in [0.25, 0.3) is 17.7 Å².